The zero-order valence-corrected chi connectivity index (χ0v) is 27.4. The number of rotatable bonds is 3. The summed E-state index contributed by atoms with van der Waals surface area (Å²) in [7, 11) is 0. The highest BCUT2D eigenvalue weighted by molar-refractivity contribution is 7.23. The standard InChI is InChI=1S/C44H26N4OS/c49-43-32-16-8-10-18-42(32)50-44-45-36-26-40-35(25-41(36)48(43)44)34-24-28(20-22-39(34)47(40)30-13-5-2-6-14-30)27-19-21-38-33(23-27)31-15-7-9-17-37(31)46(38)29-11-3-1-4-12-29/h1-26H. The van der Waals surface area contributed by atoms with Crippen LogP contribution in [0, 0.1) is 0 Å². The summed E-state index contributed by atoms with van der Waals surface area (Å²) in [5.74, 6) is 0. The van der Waals surface area contributed by atoms with Gasteiger partial charge in [0.15, 0.2) is 4.96 Å². The quantitative estimate of drug-likeness (QED) is 0.190. The maximum absolute atomic E-state index is 13.8. The summed E-state index contributed by atoms with van der Waals surface area (Å²) >= 11 is 1.55. The maximum atomic E-state index is 13.8. The van der Waals surface area contributed by atoms with Crippen LogP contribution >= 0.6 is 11.3 Å². The third-order valence-corrected chi connectivity index (χ3v) is 11.1. The predicted octanol–water partition coefficient (Wildman–Crippen LogP) is 10.9. The van der Waals surface area contributed by atoms with E-state index in [1.165, 1.54) is 21.8 Å². The molecule has 7 aromatic carbocycles. The first-order chi connectivity index (χ1) is 24.7. The molecule has 0 atom stereocenters. The number of nitrogens with zero attached hydrogens (tertiary/aromatic N) is 4. The number of hydrogen-bond donors (Lipinski definition) is 0. The Labute approximate surface area is 289 Å². The van der Waals surface area contributed by atoms with Gasteiger partial charge in [-0.05, 0) is 90.0 Å². The van der Waals surface area contributed by atoms with Crippen molar-refractivity contribution < 1.29 is 0 Å². The van der Waals surface area contributed by atoms with Gasteiger partial charge in [0.25, 0.3) is 5.56 Å². The molecular weight excluding hydrogens is 633 g/mol. The van der Waals surface area contributed by atoms with Crippen LogP contribution in [-0.4, -0.2) is 18.5 Å². The summed E-state index contributed by atoms with van der Waals surface area (Å²) in [5, 5.41) is 5.37. The zero-order chi connectivity index (χ0) is 32.9. The normalized spacial score (nSPS) is 12.1. The number of hydrogen-bond acceptors (Lipinski definition) is 3. The van der Waals surface area contributed by atoms with Crippen molar-refractivity contribution in [2.45, 2.75) is 0 Å². The van der Waals surface area contributed by atoms with Crippen LogP contribution in [0.15, 0.2) is 163 Å². The maximum Gasteiger partial charge on any atom is 0.266 e. The number of aromatic nitrogens is 4. The first-order valence-electron chi connectivity index (χ1n) is 16.7. The van der Waals surface area contributed by atoms with Gasteiger partial charge >= 0.3 is 0 Å². The number of fused-ring (bicyclic) bond motifs is 10. The minimum Gasteiger partial charge on any atom is -0.309 e. The van der Waals surface area contributed by atoms with Gasteiger partial charge in [0.2, 0.25) is 0 Å². The molecule has 6 heteroatoms. The Kier molecular flexibility index (Phi) is 5.63. The predicted molar refractivity (Wildman–Crippen MR) is 208 cm³/mol. The second-order valence-corrected chi connectivity index (χ2v) is 13.8. The summed E-state index contributed by atoms with van der Waals surface area (Å²) in [6.45, 7) is 0. The van der Waals surface area contributed by atoms with Crippen molar-refractivity contribution >= 4 is 81.0 Å². The van der Waals surface area contributed by atoms with Gasteiger partial charge in [0, 0.05) is 37.6 Å². The minimum atomic E-state index is -0.0355. The van der Waals surface area contributed by atoms with E-state index in [0.29, 0.717) is 10.3 Å². The van der Waals surface area contributed by atoms with E-state index in [9.17, 15) is 4.79 Å². The van der Waals surface area contributed by atoms with E-state index < -0.39 is 0 Å². The molecule has 50 heavy (non-hydrogen) atoms. The summed E-state index contributed by atoms with van der Waals surface area (Å²) < 4.78 is 7.39. The summed E-state index contributed by atoms with van der Waals surface area (Å²) in [6.07, 6.45) is 0. The van der Waals surface area contributed by atoms with Crippen LogP contribution < -0.4 is 5.56 Å². The van der Waals surface area contributed by atoms with Gasteiger partial charge < -0.3 is 9.13 Å². The van der Waals surface area contributed by atoms with Crippen LogP contribution in [0.5, 0.6) is 0 Å². The Bertz CT molecular complexity index is 3220. The highest BCUT2D eigenvalue weighted by atomic mass is 32.1. The van der Waals surface area contributed by atoms with Crippen molar-refractivity contribution in [1.82, 2.24) is 18.5 Å². The summed E-state index contributed by atoms with van der Waals surface area (Å²) in [5.41, 5.74) is 10.7. The minimum absolute atomic E-state index is 0.0355. The smallest absolute Gasteiger partial charge is 0.266 e. The fraction of sp³-hybridized carbons (Fsp3) is 0. The van der Waals surface area contributed by atoms with Crippen molar-refractivity contribution in [3.63, 3.8) is 0 Å². The van der Waals surface area contributed by atoms with E-state index in [4.69, 9.17) is 4.98 Å². The molecule has 0 aliphatic heterocycles. The van der Waals surface area contributed by atoms with Gasteiger partial charge in [-0.2, -0.15) is 0 Å². The van der Waals surface area contributed by atoms with Gasteiger partial charge in [-0.1, -0.05) is 90.2 Å². The van der Waals surface area contributed by atoms with Crippen molar-refractivity contribution in [1.29, 1.82) is 0 Å². The Balaban J connectivity index is 1.19. The average molecular weight is 659 g/mol. The molecular formula is C44H26N4OS. The molecule has 11 rings (SSSR count). The second kappa shape index (κ2) is 10.3. The average Bonchev–Trinajstić information content (AvgIpc) is 3.81. The van der Waals surface area contributed by atoms with E-state index in [2.05, 4.69) is 137 Å². The lowest BCUT2D eigenvalue weighted by Gasteiger charge is -2.09. The molecule has 234 valence electrons. The highest BCUT2D eigenvalue weighted by Gasteiger charge is 2.19. The molecule has 0 saturated heterocycles. The number of benzene rings is 7. The van der Waals surface area contributed by atoms with E-state index in [-0.39, 0.29) is 5.56 Å². The zero-order valence-electron chi connectivity index (χ0n) is 26.6. The third kappa shape index (κ3) is 3.82. The monoisotopic (exact) mass is 658 g/mol. The Hall–Kier alpha value is -6.50. The fourth-order valence-electron chi connectivity index (χ4n) is 7.83. The molecule has 0 radical (unpaired) electrons. The van der Waals surface area contributed by atoms with Crippen LogP contribution in [0.4, 0.5) is 0 Å². The molecule has 0 spiro atoms. The van der Waals surface area contributed by atoms with Crippen LogP contribution in [0.1, 0.15) is 0 Å². The van der Waals surface area contributed by atoms with E-state index in [1.807, 2.05) is 30.3 Å². The van der Waals surface area contributed by atoms with Crippen LogP contribution in [-0.2, 0) is 0 Å². The van der Waals surface area contributed by atoms with Crippen molar-refractivity contribution in [3.8, 4) is 22.5 Å². The largest absolute Gasteiger partial charge is 0.309 e. The van der Waals surface area contributed by atoms with Gasteiger partial charge in [0.1, 0.15) is 0 Å². The van der Waals surface area contributed by atoms with Crippen LogP contribution in [0.2, 0.25) is 0 Å². The van der Waals surface area contributed by atoms with Crippen molar-refractivity contribution in [3.05, 3.63) is 168 Å². The molecule has 0 unspecified atom stereocenters. The Morgan fingerprint density at radius 3 is 1.68 bits per heavy atom. The second-order valence-electron chi connectivity index (χ2n) is 12.8. The molecule has 0 aliphatic rings. The molecule has 0 aliphatic carbocycles. The lowest BCUT2D eigenvalue weighted by molar-refractivity contribution is 1.18. The van der Waals surface area contributed by atoms with E-state index in [1.54, 1.807) is 15.7 Å². The van der Waals surface area contributed by atoms with Crippen LogP contribution in [0.3, 0.4) is 0 Å². The van der Waals surface area contributed by atoms with Gasteiger partial charge in [0.05, 0.1) is 38.5 Å². The third-order valence-electron chi connectivity index (χ3n) is 10.1. The topological polar surface area (TPSA) is 44.2 Å². The highest BCUT2D eigenvalue weighted by Crippen LogP contribution is 2.39. The van der Waals surface area contributed by atoms with Crippen molar-refractivity contribution in [2.75, 3.05) is 0 Å². The molecule has 0 saturated carbocycles. The fourth-order valence-corrected chi connectivity index (χ4v) is 8.85. The molecule has 0 N–H and O–H groups in total. The molecule has 0 fully saturated rings. The van der Waals surface area contributed by atoms with E-state index in [0.717, 1.165) is 60.0 Å². The first-order valence-corrected chi connectivity index (χ1v) is 17.5. The lowest BCUT2D eigenvalue weighted by atomic mass is 10.0. The van der Waals surface area contributed by atoms with Crippen molar-refractivity contribution in [2.24, 2.45) is 0 Å². The molecule has 11 aromatic rings. The summed E-state index contributed by atoms with van der Waals surface area (Å²) in [6, 6.07) is 55.3. The Morgan fingerprint density at radius 2 is 0.980 bits per heavy atom. The van der Waals surface area contributed by atoms with Gasteiger partial charge in [-0.3, -0.25) is 4.79 Å². The molecule has 5 nitrogen and oxygen atoms in total. The van der Waals surface area contributed by atoms with Crippen LogP contribution in [0.25, 0.3) is 92.2 Å². The van der Waals surface area contributed by atoms with E-state index >= 15 is 0 Å². The Morgan fingerprint density at radius 1 is 0.440 bits per heavy atom. The van der Waals surface area contributed by atoms with Gasteiger partial charge in [-0.25, -0.2) is 9.38 Å². The number of para-hydroxylation sites is 3. The molecule has 4 aromatic heterocycles. The molecule has 4 heterocycles. The first kappa shape index (κ1) is 27.5. The molecule has 0 bridgehead atoms. The number of imidazole rings is 1. The summed E-state index contributed by atoms with van der Waals surface area (Å²) in [4.78, 5) is 19.5. The lowest BCUT2D eigenvalue weighted by Crippen LogP contribution is -2.11. The molecule has 0 amide bonds. The SMILES string of the molecule is O=c1c2ccccc2sc2nc3cc4c(cc3n12)c1cc(-c2ccc3c(c2)c2ccccc2n3-c2ccccc2)ccc1n4-c1ccccc1. The van der Waals surface area contributed by atoms with Gasteiger partial charge in [-0.15, -0.1) is 0 Å².